The molecule has 4 aromatic rings. The van der Waals surface area contributed by atoms with Crippen molar-refractivity contribution in [1.82, 2.24) is 19.2 Å². The molecular formula is C36H36ClN5O4. The van der Waals surface area contributed by atoms with Gasteiger partial charge in [0.1, 0.15) is 17.5 Å². The summed E-state index contributed by atoms with van der Waals surface area (Å²) in [6.07, 6.45) is 9.84. The van der Waals surface area contributed by atoms with Crippen molar-refractivity contribution in [2.24, 2.45) is 0 Å². The first-order valence-corrected chi connectivity index (χ1v) is 16.2. The number of imidazole rings is 1. The quantitative estimate of drug-likeness (QED) is 0.165. The highest BCUT2D eigenvalue weighted by atomic mass is 35.5. The van der Waals surface area contributed by atoms with Crippen molar-refractivity contribution >= 4 is 40.9 Å². The summed E-state index contributed by atoms with van der Waals surface area (Å²) in [6.45, 7) is 3.89. The van der Waals surface area contributed by atoms with Gasteiger partial charge in [-0.15, -0.1) is 0 Å². The van der Waals surface area contributed by atoms with Crippen LogP contribution in [0.3, 0.4) is 0 Å². The van der Waals surface area contributed by atoms with Crippen LogP contribution >= 0.6 is 11.6 Å². The highest BCUT2D eigenvalue weighted by Gasteiger charge is 2.32. The zero-order valence-corrected chi connectivity index (χ0v) is 26.6. The topological polar surface area (TPSA) is 79.6 Å². The van der Waals surface area contributed by atoms with E-state index >= 15 is 0 Å². The molecule has 9 nitrogen and oxygen atoms in total. The van der Waals surface area contributed by atoms with Crippen molar-refractivity contribution in [3.8, 4) is 22.9 Å². The van der Waals surface area contributed by atoms with Crippen molar-refractivity contribution in [2.75, 3.05) is 51.3 Å². The molecule has 0 unspecified atom stereocenters. The molecule has 0 saturated carbocycles. The minimum absolute atomic E-state index is 0.0505. The summed E-state index contributed by atoms with van der Waals surface area (Å²) in [6, 6.07) is 17.6. The van der Waals surface area contributed by atoms with Crippen molar-refractivity contribution < 1.29 is 19.1 Å². The van der Waals surface area contributed by atoms with Crippen LogP contribution in [0.5, 0.6) is 11.5 Å². The minimum Gasteiger partial charge on any atom is -0.493 e. The maximum absolute atomic E-state index is 13.2. The lowest BCUT2D eigenvalue weighted by Crippen LogP contribution is -2.45. The molecule has 1 amide bonds. The number of hydrogen-bond donors (Lipinski definition) is 0. The number of carbonyl (C=O) groups excluding carboxylic acids is 2. The van der Waals surface area contributed by atoms with Crippen LogP contribution in [0.25, 0.3) is 23.0 Å². The number of carbonyl (C=O) groups is 1. The number of rotatable bonds is 9. The summed E-state index contributed by atoms with van der Waals surface area (Å²) in [4.78, 5) is 36.5. The molecule has 2 aromatic heterocycles. The highest BCUT2D eigenvalue weighted by Crippen LogP contribution is 2.36. The average molecular weight is 638 g/mol. The molecule has 46 heavy (non-hydrogen) atoms. The SMILES string of the molecule is COc1cc2c(cc1OCCCCN1CCN(c3nc(-c4ccc(Cl)cc4)n4ccccc34)CC1=C=O)C=C[C@@H]1CCCN1C2=O. The number of hydrogen-bond acceptors (Lipinski definition) is 7. The van der Waals surface area contributed by atoms with Gasteiger partial charge in [0.2, 0.25) is 0 Å². The van der Waals surface area contributed by atoms with E-state index in [-0.39, 0.29) is 11.9 Å². The van der Waals surface area contributed by atoms with Gasteiger partial charge in [-0.25, -0.2) is 9.78 Å². The van der Waals surface area contributed by atoms with Crippen LogP contribution in [-0.2, 0) is 4.79 Å². The molecule has 5 heterocycles. The van der Waals surface area contributed by atoms with Crippen LogP contribution in [-0.4, -0.2) is 83.5 Å². The second kappa shape index (κ2) is 12.9. The average Bonchev–Trinajstić information content (AvgIpc) is 3.69. The fraction of sp³-hybridized carbons (Fsp3) is 0.333. The number of ether oxygens (including phenoxy) is 2. The number of pyridine rings is 1. The molecule has 3 aliphatic heterocycles. The maximum Gasteiger partial charge on any atom is 0.255 e. The summed E-state index contributed by atoms with van der Waals surface area (Å²) >= 11 is 6.13. The Bertz CT molecular complexity index is 1850. The third-order valence-electron chi connectivity index (χ3n) is 9.12. The zero-order valence-electron chi connectivity index (χ0n) is 25.8. The first kappa shape index (κ1) is 30.0. The molecule has 0 aliphatic carbocycles. The first-order chi connectivity index (χ1) is 22.5. The van der Waals surface area contributed by atoms with Crippen LogP contribution in [0.15, 0.2) is 72.6 Å². The van der Waals surface area contributed by atoms with Gasteiger partial charge in [-0.05, 0) is 79.8 Å². The van der Waals surface area contributed by atoms with Gasteiger partial charge in [-0.1, -0.05) is 29.8 Å². The van der Waals surface area contributed by atoms with E-state index < -0.39 is 0 Å². The fourth-order valence-electron chi connectivity index (χ4n) is 6.69. The van der Waals surface area contributed by atoms with Crippen molar-refractivity contribution in [1.29, 1.82) is 0 Å². The van der Waals surface area contributed by atoms with Gasteiger partial charge in [0, 0.05) is 43.0 Å². The predicted octanol–water partition coefficient (Wildman–Crippen LogP) is 5.99. The first-order valence-electron chi connectivity index (χ1n) is 15.8. The monoisotopic (exact) mass is 637 g/mol. The predicted molar refractivity (Wildman–Crippen MR) is 179 cm³/mol. The Morgan fingerprint density at radius 2 is 1.91 bits per heavy atom. The number of nitrogens with zero attached hydrogens (tertiary/aromatic N) is 5. The Morgan fingerprint density at radius 3 is 2.74 bits per heavy atom. The third-order valence-corrected chi connectivity index (χ3v) is 9.37. The Hall–Kier alpha value is -4.72. The number of methoxy groups -OCH3 is 1. The summed E-state index contributed by atoms with van der Waals surface area (Å²) in [5.74, 6) is 5.12. The van der Waals surface area contributed by atoms with Crippen LogP contribution in [0.1, 0.15) is 41.6 Å². The molecule has 1 atom stereocenters. The van der Waals surface area contributed by atoms with Gasteiger partial charge >= 0.3 is 0 Å². The molecule has 0 N–H and O–H groups in total. The van der Waals surface area contributed by atoms with E-state index in [2.05, 4.69) is 32.3 Å². The number of benzene rings is 2. The largest absolute Gasteiger partial charge is 0.493 e. The minimum atomic E-state index is 0.0505. The molecule has 7 rings (SSSR count). The fourth-order valence-corrected chi connectivity index (χ4v) is 6.82. The lowest BCUT2D eigenvalue weighted by Gasteiger charge is -2.36. The Kier molecular flexibility index (Phi) is 8.43. The van der Waals surface area contributed by atoms with Crippen LogP contribution in [0, 0.1) is 0 Å². The van der Waals surface area contributed by atoms with E-state index in [0.29, 0.717) is 47.5 Å². The standard InChI is InChI=1S/C36H36ClN5O4/c1-45-32-22-30-26(11-14-28-7-6-17-41(28)36(30)44)21-33(32)46-20-5-4-15-39-18-19-40(23-29(39)24-43)35-31-8-2-3-16-42(31)34(38-35)25-9-12-27(37)13-10-25/h2-3,8-14,16,21-22,28H,4-7,15,17-20,23H2,1H3/t28-/m0/s1. The second-order valence-corrected chi connectivity index (χ2v) is 12.3. The lowest BCUT2D eigenvalue weighted by atomic mass is 10.1. The summed E-state index contributed by atoms with van der Waals surface area (Å²) in [5, 5.41) is 0.678. The number of unbranched alkanes of at least 4 members (excludes halogenated alkanes) is 1. The number of fused-ring (bicyclic) bond motifs is 3. The second-order valence-electron chi connectivity index (χ2n) is 11.9. The molecule has 2 aromatic carbocycles. The summed E-state index contributed by atoms with van der Waals surface area (Å²) in [5.41, 5.74) is 4.09. The maximum atomic E-state index is 13.2. The highest BCUT2D eigenvalue weighted by molar-refractivity contribution is 6.30. The number of halogens is 1. The van der Waals surface area contributed by atoms with Crippen molar-refractivity contribution in [2.45, 2.75) is 31.7 Å². The molecule has 2 saturated heterocycles. The Balaban J connectivity index is 0.968. The third kappa shape index (κ3) is 5.72. The molecule has 0 spiro atoms. The molecule has 0 radical (unpaired) electrons. The van der Waals surface area contributed by atoms with Crippen LogP contribution < -0.4 is 14.4 Å². The van der Waals surface area contributed by atoms with Gasteiger partial charge in [-0.3, -0.25) is 9.20 Å². The zero-order chi connectivity index (χ0) is 31.6. The van der Waals surface area contributed by atoms with Gasteiger partial charge < -0.3 is 24.2 Å². The Morgan fingerprint density at radius 1 is 1.04 bits per heavy atom. The molecule has 0 bridgehead atoms. The van der Waals surface area contributed by atoms with Gasteiger partial charge in [0.25, 0.3) is 5.91 Å². The van der Waals surface area contributed by atoms with Gasteiger partial charge in [0.15, 0.2) is 17.3 Å². The number of aromatic nitrogens is 2. The van der Waals surface area contributed by atoms with E-state index in [1.807, 2.05) is 59.6 Å². The van der Waals surface area contributed by atoms with Gasteiger partial charge in [-0.2, -0.15) is 0 Å². The van der Waals surface area contributed by atoms with Crippen LogP contribution in [0.4, 0.5) is 5.82 Å². The van der Waals surface area contributed by atoms with E-state index in [1.165, 1.54) is 0 Å². The van der Waals surface area contributed by atoms with E-state index in [4.69, 9.17) is 26.1 Å². The molecular weight excluding hydrogens is 602 g/mol. The number of piperazine rings is 1. The molecule has 2 fully saturated rings. The van der Waals surface area contributed by atoms with Crippen LogP contribution in [0.2, 0.25) is 5.02 Å². The van der Waals surface area contributed by atoms with Crippen molar-refractivity contribution in [3.63, 3.8) is 0 Å². The molecule has 3 aliphatic rings. The van der Waals surface area contributed by atoms with E-state index in [0.717, 1.165) is 73.6 Å². The summed E-state index contributed by atoms with van der Waals surface area (Å²) < 4.78 is 13.8. The van der Waals surface area contributed by atoms with Gasteiger partial charge in [0.05, 0.1) is 37.4 Å². The number of anilines is 1. The van der Waals surface area contributed by atoms with E-state index in [9.17, 15) is 9.59 Å². The molecule has 236 valence electrons. The Labute approximate surface area is 273 Å². The summed E-state index contributed by atoms with van der Waals surface area (Å²) in [7, 11) is 1.60. The number of amides is 1. The molecule has 10 heteroatoms. The normalized spacial score (nSPS) is 17.6. The van der Waals surface area contributed by atoms with Crippen molar-refractivity contribution in [3.05, 3.63) is 88.7 Å². The smallest absolute Gasteiger partial charge is 0.255 e. The van der Waals surface area contributed by atoms with E-state index in [1.54, 1.807) is 13.2 Å². The lowest BCUT2D eigenvalue weighted by molar-refractivity contribution is 0.0763.